The molecule has 29 heavy (non-hydrogen) atoms. The highest BCUT2D eigenvalue weighted by Gasteiger charge is 2.46. The van der Waals surface area contributed by atoms with Crippen LogP contribution in [0.15, 0.2) is 29.8 Å². The van der Waals surface area contributed by atoms with Gasteiger partial charge in [0, 0.05) is 38.3 Å². The third-order valence-electron chi connectivity index (χ3n) is 5.83. The zero-order valence-electron chi connectivity index (χ0n) is 18.3. The van der Waals surface area contributed by atoms with Crippen LogP contribution in [-0.2, 0) is 19.1 Å². The van der Waals surface area contributed by atoms with Crippen LogP contribution < -0.4 is 9.47 Å². The predicted octanol–water partition coefficient (Wildman–Crippen LogP) is 3.89. The molecule has 1 amide bonds. The van der Waals surface area contributed by atoms with Crippen molar-refractivity contribution in [3.8, 4) is 11.5 Å². The number of ether oxygens (including phenoxy) is 4. The minimum Gasteiger partial charge on any atom is -0.468 e. The number of benzene rings is 1. The normalized spacial score (nSPS) is 17.7. The minimum atomic E-state index is -0.152. The SMILES string of the molecule is CCC1(CC)CC=C(C(=O)N(C)OC)[C@@H]1c1cc(OCOC)ccc1OCOC. The van der Waals surface area contributed by atoms with E-state index >= 15 is 0 Å². The van der Waals surface area contributed by atoms with Crippen LogP contribution in [0.4, 0.5) is 0 Å². The van der Waals surface area contributed by atoms with Gasteiger partial charge >= 0.3 is 0 Å². The Balaban J connectivity index is 2.58. The second kappa shape index (κ2) is 10.6. The molecule has 1 aromatic rings. The Hall–Kier alpha value is -2.09. The fourth-order valence-electron chi connectivity index (χ4n) is 4.02. The molecule has 0 unspecified atom stereocenters. The van der Waals surface area contributed by atoms with Crippen molar-refractivity contribution in [2.24, 2.45) is 5.41 Å². The molecule has 0 fully saturated rings. The molecule has 0 N–H and O–H groups in total. The van der Waals surface area contributed by atoms with Crippen molar-refractivity contribution in [3.05, 3.63) is 35.4 Å². The van der Waals surface area contributed by atoms with E-state index in [-0.39, 0.29) is 30.8 Å². The number of rotatable bonds is 11. The molecule has 1 atom stereocenters. The first-order valence-corrected chi connectivity index (χ1v) is 9.87. The number of methoxy groups -OCH3 is 2. The lowest BCUT2D eigenvalue weighted by atomic mass is 9.68. The summed E-state index contributed by atoms with van der Waals surface area (Å²) in [6, 6.07) is 5.62. The first-order chi connectivity index (χ1) is 14.0. The van der Waals surface area contributed by atoms with Crippen LogP contribution in [-0.4, -0.2) is 52.9 Å². The molecule has 0 radical (unpaired) electrons. The number of hydrogen-bond acceptors (Lipinski definition) is 6. The van der Waals surface area contributed by atoms with Crippen molar-refractivity contribution in [1.82, 2.24) is 5.06 Å². The Morgan fingerprint density at radius 2 is 1.76 bits per heavy atom. The third-order valence-corrected chi connectivity index (χ3v) is 5.83. The van der Waals surface area contributed by atoms with E-state index in [1.54, 1.807) is 21.3 Å². The number of allylic oxidation sites excluding steroid dienone is 1. The van der Waals surface area contributed by atoms with E-state index in [2.05, 4.69) is 13.8 Å². The van der Waals surface area contributed by atoms with E-state index in [9.17, 15) is 4.79 Å². The summed E-state index contributed by atoms with van der Waals surface area (Å²) in [7, 11) is 6.27. The highest BCUT2D eigenvalue weighted by atomic mass is 16.7. The molecule has 0 bridgehead atoms. The largest absolute Gasteiger partial charge is 0.468 e. The summed E-state index contributed by atoms with van der Waals surface area (Å²) in [5.41, 5.74) is 1.52. The quantitative estimate of drug-likeness (QED) is 0.410. The number of amides is 1. The minimum absolute atomic E-state index is 0.0926. The van der Waals surface area contributed by atoms with E-state index in [4.69, 9.17) is 23.8 Å². The van der Waals surface area contributed by atoms with Gasteiger partial charge in [0.2, 0.25) is 0 Å². The molecule has 2 rings (SSSR count). The first kappa shape index (κ1) is 23.2. The van der Waals surface area contributed by atoms with Gasteiger partial charge in [-0.15, -0.1) is 0 Å². The number of carbonyl (C=O) groups is 1. The molecule has 0 saturated carbocycles. The fraction of sp³-hybridized carbons (Fsp3) is 0.591. The molecule has 0 spiro atoms. The maximum absolute atomic E-state index is 13.1. The van der Waals surface area contributed by atoms with Crippen molar-refractivity contribution in [1.29, 1.82) is 0 Å². The number of likely N-dealkylation sites (N-methyl/N-ethyl adjacent to an activating group) is 1. The summed E-state index contributed by atoms with van der Waals surface area (Å²) in [4.78, 5) is 18.2. The maximum atomic E-state index is 13.1. The molecule has 0 heterocycles. The van der Waals surface area contributed by atoms with Gasteiger partial charge in [0.1, 0.15) is 11.5 Å². The lowest BCUT2D eigenvalue weighted by Crippen LogP contribution is -2.33. The highest BCUT2D eigenvalue weighted by Crippen LogP contribution is 2.56. The van der Waals surface area contributed by atoms with Crippen molar-refractivity contribution < 1.29 is 28.6 Å². The Kier molecular flexibility index (Phi) is 8.49. The molecule has 7 heteroatoms. The zero-order valence-corrected chi connectivity index (χ0v) is 18.3. The van der Waals surface area contributed by atoms with Gasteiger partial charge in [-0.3, -0.25) is 9.63 Å². The molecular formula is C22H33NO6. The second-order valence-corrected chi connectivity index (χ2v) is 7.15. The summed E-state index contributed by atoms with van der Waals surface area (Å²) in [5, 5.41) is 1.27. The van der Waals surface area contributed by atoms with Gasteiger partial charge in [0.25, 0.3) is 5.91 Å². The van der Waals surface area contributed by atoms with Crippen LogP contribution in [0.1, 0.15) is 44.6 Å². The molecule has 162 valence electrons. The molecule has 1 aliphatic rings. The van der Waals surface area contributed by atoms with Crippen molar-refractivity contribution in [3.63, 3.8) is 0 Å². The van der Waals surface area contributed by atoms with E-state index in [1.165, 1.54) is 12.2 Å². The molecule has 0 aromatic heterocycles. The third kappa shape index (κ3) is 4.91. The molecule has 0 aliphatic heterocycles. The van der Waals surface area contributed by atoms with E-state index in [1.807, 2.05) is 24.3 Å². The summed E-state index contributed by atoms with van der Waals surface area (Å²) >= 11 is 0. The van der Waals surface area contributed by atoms with Gasteiger partial charge in [0.15, 0.2) is 13.6 Å². The second-order valence-electron chi connectivity index (χ2n) is 7.15. The topological polar surface area (TPSA) is 66.5 Å². The summed E-state index contributed by atoms with van der Waals surface area (Å²) in [6.07, 6.45) is 4.70. The van der Waals surface area contributed by atoms with Crippen molar-refractivity contribution in [2.45, 2.75) is 39.0 Å². The number of hydroxylamine groups is 2. The molecule has 7 nitrogen and oxygen atoms in total. The zero-order chi connectivity index (χ0) is 21.4. The molecule has 1 aliphatic carbocycles. The Morgan fingerprint density at radius 3 is 2.34 bits per heavy atom. The summed E-state index contributed by atoms with van der Waals surface area (Å²) in [5.74, 6) is 1.03. The lowest BCUT2D eigenvalue weighted by Gasteiger charge is -2.37. The smallest absolute Gasteiger partial charge is 0.273 e. The number of nitrogens with zero attached hydrogens (tertiary/aromatic N) is 1. The fourth-order valence-corrected chi connectivity index (χ4v) is 4.02. The van der Waals surface area contributed by atoms with Crippen LogP contribution in [0.2, 0.25) is 0 Å². The summed E-state index contributed by atoms with van der Waals surface area (Å²) < 4.78 is 21.7. The van der Waals surface area contributed by atoms with Crippen LogP contribution >= 0.6 is 0 Å². The van der Waals surface area contributed by atoms with Crippen molar-refractivity contribution >= 4 is 5.91 Å². The lowest BCUT2D eigenvalue weighted by molar-refractivity contribution is -0.164. The Labute approximate surface area is 173 Å². The van der Waals surface area contributed by atoms with Crippen molar-refractivity contribution in [2.75, 3.05) is 42.0 Å². The Bertz CT molecular complexity index is 713. The number of hydrogen-bond donors (Lipinski definition) is 0. The molecule has 1 aromatic carbocycles. The van der Waals surface area contributed by atoms with E-state index in [0.717, 1.165) is 24.8 Å². The van der Waals surface area contributed by atoms with Crippen LogP contribution in [0.25, 0.3) is 0 Å². The van der Waals surface area contributed by atoms with Gasteiger partial charge in [0.05, 0.1) is 7.11 Å². The van der Waals surface area contributed by atoms with Gasteiger partial charge in [-0.2, -0.15) is 0 Å². The molecular weight excluding hydrogens is 374 g/mol. The molecule has 0 saturated heterocycles. The monoisotopic (exact) mass is 407 g/mol. The van der Waals surface area contributed by atoms with Gasteiger partial charge < -0.3 is 18.9 Å². The Morgan fingerprint density at radius 1 is 1.10 bits per heavy atom. The standard InChI is InChI=1S/C22H33NO6/c1-7-22(8-2)12-11-17(21(24)23(3)27-6)20(22)18-13-16(28-14-25-4)9-10-19(18)29-15-26-5/h9-11,13,20H,7-8,12,14-15H2,1-6H3/t20-/m1/s1. The van der Waals surface area contributed by atoms with Gasteiger partial charge in [-0.25, -0.2) is 5.06 Å². The first-order valence-electron chi connectivity index (χ1n) is 9.87. The predicted molar refractivity (Wildman–Crippen MR) is 110 cm³/mol. The maximum Gasteiger partial charge on any atom is 0.273 e. The van der Waals surface area contributed by atoms with Crippen LogP contribution in [0.3, 0.4) is 0 Å². The van der Waals surface area contributed by atoms with Gasteiger partial charge in [-0.05, 0) is 42.9 Å². The van der Waals surface area contributed by atoms with Crippen LogP contribution in [0.5, 0.6) is 11.5 Å². The number of carbonyl (C=O) groups excluding carboxylic acids is 1. The summed E-state index contributed by atoms with van der Waals surface area (Å²) in [6.45, 7) is 4.59. The van der Waals surface area contributed by atoms with E-state index < -0.39 is 0 Å². The van der Waals surface area contributed by atoms with Crippen LogP contribution in [0, 0.1) is 5.41 Å². The average Bonchev–Trinajstić information content (AvgIpc) is 3.15. The van der Waals surface area contributed by atoms with E-state index in [0.29, 0.717) is 17.1 Å². The average molecular weight is 408 g/mol. The van der Waals surface area contributed by atoms with Gasteiger partial charge in [-0.1, -0.05) is 19.9 Å². The highest BCUT2D eigenvalue weighted by molar-refractivity contribution is 5.95.